The van der Waals surface area contributed by atoms with E-state index < -0.39 is 29.0 Å². The fraction of sp³-hybridized carbons (Fsp3) is 0.294. The van der Waals surface area contributed by atoms with Crippen LogP contribution in [0.3, 0.4) is 0 Å². The molecule has 0 fully saturated rings. The fourth-order valence-electron chi connectivity index (χ4n) is 2.45. The van der Waals surface area contributed by atoms with Crippen LogP contribution in [0.4, 0.5) is 10.1 Å². The van der Waals surface area contributed by atoms with Crippen molar-refractivity contribution in [1.29, 1.82) is 10.5 Å². The minimum Gasteiger partial charge on any atom is -0.323 e. The second-order valence-corrected chi connectivity index (χ2v) is 7.47. The van der Waals surface area contributed by atoms with E-state index in [-0.39, 0.29) is 27.1 Å². The third kappa shape index (κ3) is 3.98. The fourth-order valence-corrected chi connectivity index (χ4v) is 3.58. The molecule has 1 aromatic rings. The Morgan fingerprint density at radius 2 is 2.15 bits per heavy atom. The van der Waals surface area contributed by atoms with Gasteiger partial charge in [-0.25, -0.2) is 4.39 Å². The minimum atomic E-state index is -1.00. The Balaban J connectivity index is 2.13. The minimum absolute atomic E-state index is 0.0213. The van der Waals surface area contributed by atoms with Gasteiger partial charge in [0.15, 0.2) is 0 Å². The lowest BCUT2D eigenvalue weighted by atomic mass is 9.72. The molecule has 0 unspecified atom stereocenters. The van der Waals surface area contributed by atoms with E-state index in [2.05, 4.69) is 10.6 Å². The summed E-state index contributed by atoms with van der Waals surface area (Å²) in [5.74, 6) is -2.87. The number of nitrogens with one attached hydrogen (secondary N) is 2. The Kier molecular flexibility index (Phi) is 5.91. The molecule has 0 bridgehead atoms. The molecule has 1 aromatic carbocycles. The Morgan fingerprint density at radius 3 is 2.73 bits per heavy atom. The smallest absolute Gasteiger partial charge is 0.243 e. The van der Waals surface area contributed by atoms with Crippen LogP contribution in [-0.2, 0) is 9.59 Å². The molecule has 0 saturated carbocycles. The zero-order valence-electron chi connectivity index (χ0n) is 13.9. The highest BCUT2D eigenvalue weighted by Gasteiger charge is 2.44. The SMILES string of the molecule is CC1(C)C(C#N)=C(SCC(=O)Nc2ccc(Cl)cc2F)NC(=O)[C@H]1C#N. The van der Waals surface area contributed by atoms with Gasteiger partial charge in [0, 0.05) is 10.4 Å². The summed E-state index contributed by atoms with van der Waals surface area (Å²) in [5.41, 5.74) is -0.779. The lowest BCUT2D eigenvalue weighted by Gasteiger charge is -2.34. The average Bonchev–Trinajstić information content (AvgIpc) is 2.55. The number of nitriles is 2. The normalized spacial score (nSPS) is 18.5. The Hall–Kier alpha value is -2.55. The van der Waals surface area contributed by atoms with Crippen LogP contribution in [-0.4, -0.2) is 17.6 Å². The van der Waals surface area contributed by atoms with Crippen LogP contribution in [0.15, 0.2) is 28.8 Å². The zero-order chi connectivity index (χ0) is 19.5. The van der Waals surface area contributed by atoms with Crippen molar-refractivity contribution in [3.63, 3.8) is 0 Å². The molecule has 0 aromatic heterocycles. The summed E-state index contributed by atoms with van der Waals surface area (Å²) in [7, 11) is 0. The Morgan fingerprint density at radius 1 is 1.46 bits per heavy atom. The second kappa shape index (κ2) is 7.77. The summed E-state index contributed by atoms with van der Waals surface area (Å²) >= 11 is 6.60. The molecule has 26 heavy (non-hydrogen) atoms. The number of amides is 2. The first-order valence-corrected chi connectivity index (χ1v) is 8.80. The van der Waals surface area contributed by atoms with Gasteiger partial charge in [0.1, 0.15) is 11.7 Å². The second-order valence-electron chi connectivity index (χ2n) is 6.05. The standard InChI is InChI=1S/C17H14ClFN4O2S/c1-17(2)10(6-20)15(25)23-16(11(17)7-21)26-8-14(24)22-13-4-3-9(18)5-12(13)19/h3-5,10H,8H2,1-2H3,(H,22,24)(H,23,25)/t10-/m1/s1. The van der Waals surface area contributed by atoms with Gasteiger partial charge in [-0.15, -0.1) is 0 Å². The van der Waals surface area contributed by atoms with Crippen LogP contribution in [0.1, 0.15) is 13.8 Å². The summed E-state index contributed by atoms with van der Waals surface area (Å²) < 4.78 is 13.7. The lowest BCUT2D eigenvalue weighted by Crippen LogP contribution is -2.44. The number of hydrogen-bond donors (Lipinski definition) is 2. The maximum absolute atomic E-state index is 13.7. The number of hydrogen-bond acceptors (Lipinski definition) is 5. The first kappa shape index (κ1) is 19.8. The third-order valence-electron chi connectivity index (χ3n) is 3.89. The van der Waals surface area contributed by atoms with Gasteiger partial charge >= 0.3 is 0 Å². The first-order chi connectivity index (χ1) is 12.2. The van der Waals surface area contributed by atoms with Crippen molar-refractivity contribution in [1.82, 2.24) is 5.32 Å². The zero-order valence-corrected chi connectivity index (χ0v) is 15.5. The first-order valence-electron chi connectivity index (χ1n) is 7.43. The number of anilines is 1. The summed E-state index contributed by atoms with van der Waals surface area (Å²) in [5, 5.41) is 23.9. The van der Waals surface area contributed by atoms with Gasteiger partial charge in [-0.1, -0.05) is 37.2 Å². The number of rotatable bonds is 4. The van der Waals surface area contributed by atoms with E-state index >= 15 is 0 Å². The Bertz CT molecular complexity index is 886. The van der Waals surface area contributed by atoms with Crippen LogP contribution >= 0.6 is 23.4 Å². The number of carbonyl (C=O) groups excluding carboxylic acids is 2. The molecule has 0 radical (unpaired) electrons. The molecular weight excluding hydrogens is 379 g/mol. The number of nitrogens with zero attached hydrogens (tertiary/aromatic N) is 2. The summed E-state index contributed by atoms with van der Waals surface area (Å²) in [4.78, 5) is 24.1. The van der Waals surface area contributed by atoms with E-state index in [1.807, 2.05) is 12.1 Å². The molecule has 6 nitrogen and oxygen atoms in total. The van der Waals surface area contributed by atoms with Crippen LogP contribution in [0.2, 0.25) is 5.02 Å². The molecule has 134 valence electrons. The third-order valence-corrected chi connectivity index (χ3v) is 5.12. The molecule has 0 saturated heterocycles. The van der Waals surface area contributed by atoms with Gasteiger partial charge in [-0.2, -0.15) is 10.5 Å². The highest BCUT2D eigenvalue weighted by molar-refractivity contribution is 8.03. The highest BCUT2D eigenvalue weighted by Crippen LogP contribution is 2.41. The van der Waals surface area contributed by atoms with Crippen LogP contribution < -0.4 is 10.6 Å². The molecule has 1 atom stereocenters. The van der Waals surface area contributed by atoms with Crippen molar-refractivity contribution in [2.45, 2.75) is 13.8 Å². The molecule has 1 heterocycles. The maximum atomic E-state index is 13.7. The lowest BCUT2D eigenvalue weighted by molar-refractivity contribution is -0.125. The number of halogens is 2. The number of thioether (sulfide) groups is 1. The van der Waals surface area contributed by atoms with Crippen molar-refractivity contribution >= 4 is 40.9 Å². The predicted molar refractivity (Wildman–Crippen MR) is 96.2 cm³/mol. The van der Waals surface area contributed by atoms with Gasteiger partial charge in [-0.3, -0.25) is 9.59 Å². The monoisotopic (exact) mass is 392 g/mol. The van der Waals surface area contributed by atoms with E-state index in [1.165, 1.54) is 12.1 Å². The molecule has 1 aliphatic rings. The van der Waals surface area contributed by atoms with E-state index in [1.54, 1.807) is 13.8 Å². The molecule has 2 N–H and O–H groups in total. The van der Waals surface area contributed by atoms with E-state index in [4.69, 9.17) is 16.9 Å². The number of allylic oxidation sites excluding steroid dienone is 1. The van der Waals surface area contributed by atoms with Gasteiger partial charge in [0.05, 0.1) is 34.2 Å². The number of benzene rings is 1. The van der Waals surface area contributed by atoms with Gasteiger partial charge in [0.25, 0.3) is 0 Å². The molecule has 9 heteroatoms. The van der Waals surface area contributed by atoms with Crippen molar-refractivity contribution in [2.24, 2.45) is 11.3 Å². The van der Waals surface area contributed by atoms with Gasteiger partial charge in [0.2, 0.25) is 11.8 Å². The Labute approximate surface area is 159 Å². The topological polar surface area (TPSA) is 106 Å². The van der Waals surface area contributed by atoms with E-state index in [9.17, 15) is 19.2 Å². The molecular formula is C17H14ClFN4O2S. The summed E-state index contributed by atoms with van der Waals surface area (Å²) in [6.45, 7) is 3.25. The predicted octanol–water partition coefficient (Wildman–Crippen LogP) is 3.18. The average molecular weight is 393 g/mol. The van der Waals surface area contributed by atoms with Crippen molar-refractivity contribution < 1.29 is 14.0 Å². The molecule has 2 amide bonds. The molecule has 0 aliphatic carbocycles. The summed E-state index contributed by atoms with van der Waals surface area (Å²) in [6, 6.07) is 7.76. The van der Waals surface area contributed by atoms with E-state index in [0.29, 0.717) is 0 Å². The van der Waals surface area contributed by atoms with E-state index in [0.717, 1.165) is 17.8 Å². The highest BCUT2D eigenvalue weighted by atomic mass is 35.5. The van der Waals surface area contributed by atoms with Crippen LogP contribution in [0, 0.1) is 39.8 Å². The van der Waals surface area contributed by atoms with Crippen molar-refractivity contribution in [3.05, 3.63) is 39.6 Å². The van der Waals surface area contributed by atoms with Crippen molar-refractivity contribution in [3.8, 4) is 12.1 Å². The maximum Gasteiger partial charge on any atom is 0.243 e. The van der Waals surface area contributed by atoms with Crippen LogP contribution in [0.5, 0.6) is 0 Å². The quantitative estimate of drug-likeness (QED) is 0.818. The van der Waals surface area contributed by atoms with Crippen molar-refractivity contribution in [2.75, 3.05) is 11.1 Å². The van der Waals surface area contributed by atoms with Crippen LogP contribution in [0.25, 0.3) is 0 Å². The summed E-state index contributed by atoms with van der Waals surface area (Å²) in [6.07, 6.45) is 0. The van der Waals surface area contributed by atoms with Gasteiger partial charge < -0.3 is 10.6 Å². The molecule has 2 rings (SSSR count). The molecule has 1 aliphatic heterocycles. The van der Waals surface area contributed by atoms with Gasteiger partial charge in [-0.05, 0) is 18.2 Å². The number of carbonyl (C=O) groups is 2. The largest absolute Gasteiger partial charge is 0.323 e. The molecule has 0 spiro atoms.